The molecule has 1 rings (SSSR count). The Labute approximate surface area is 132 Å². The van der Waals surface area contributed by atoms with Crippen molar-refractivity contribution in [3.05, 3.63) is 29.3 Å². The number of anilines is 1. The third-order valence-electron chi connectivity index (χ3n) is 2.73. The molecule has 1 aromatic rings. The highest BCUT2D eigenvalue weighted by molar-refractivity contribution is 9.10. The first-order valence-corrected chi connectivity index (χ1v) is 7.55. The van der Waals surface area contributed by atoms with Crippen molar-refractivity contribution in [2.45, 2.75) is 18.7 Å². The number of nitrogens with zero attached hydrogens (tertiary/aromatic N) is 1. The highest BCUT2D eigenvalue weighted by Gasteiger charge is 2.23. The zero-order chi connectivity index (χ0) is 15.3. The van der Waals surface area contributed by atoms with Crippen LogP contribution in [0.4, 0.5) is 5.69 Å². The number of benzene rings is 1. The zero-order valence-corrected chi connectivity index (χ0v) is 14.0. The van der Waals surface area contributed by atoms with E-state index >= 15 is 0 Å². The number of likely N-dealkylation sites (N-methyl/N-ethyl adjacent to an activating group) is 1. The summed E-state index contributed by atoms with van der Waals surface area (Å²) in [4.78, 5) is 25.0. The Hall–Kier alpha value is -1.07. The fraction of sp³-hybridized carbons (Fsp3) is 0.429. The van der Waals surface area contributed by atoms with Gasteiger partial charge in [0.2, 0.25) is 11.8 Å². The maximum Gasteiger partial charge on any atom is 0.244 e. The third-order valence-corrected chi connectivity index (χ3v) is 4.50. The summed E-state index contributed by atoms with van der Waals surface area (Å²) >= 11 is 9.29. The summed E-state index contributed by atoms with van der Waals surface area (Å²) in [7, 11) is 1.60. The molecule has 0 aliphatic heterocycles. The lowest BCUT2D eigenvalue weighted by molar-refractivity contribution is -0.133. The molecule has 0 spiro atoms. The van der Waals surface area contributed by atoms with Crippen LogP contribution >= 0.6 is 27.5 Å². The molecule has 0 fully saturated rings. The molecule has 0 aliphatic rings. The van der Waals surface area contributed by atoms with Gasteiger partial charge in [0.25, 0.3) is 0 Å². The van der Waals surface area contributed by atoms with Crippen molar-refractivity contribution < 1.29 is 9.59 Å². The molecule has 0 bridgehead atoms. The molecule has 0 radical (unpaired) electrons. The van der Waals surface area contributed by atoms with Gasteiger partial charge in [0.15, 0.2) is 0 Å². The van der Waals surface area contributed by atoms with Gasteiger partial charge in [0.05, 0.1) is 22.1 Å². The Morgan fingerprint density at radius 1 is 1.35 bits per heavy atom. The van der Waals surface area contributed by atoms with Crippen molar-refractivity contribution in [3.63, 3.8) is 0 Å². The SMILES string of the molecule is CC(C)C(Br)C(=O)N(C)CC(=O)Nc1ccccc1Cl. The lowest BCUT2D eigenvalue weighted by Gasteiger charge is -2.22. The lowest BCUT2D eigenvalue weighted by atomic mass is 10.1. The summed E-state index contributed by atoms with van der Waals surface area (Å²) in [6.07, 6.45) is 0. The lowest BCUT2D eigenvalue weighted by Crippen LogP contribution is -2.40. The summed E-state index contributed by atoms with van der Waals surface area (Å²) in [5.41, 5.74) is 0.541. The quantitative estimate of drug-likeness (QED) is 0.819. The molecule has 20 heavy (non-hydrogen) atoms. The maximum atomic E-state index is 12.0. The van der Waals surface area contributed by atoms with Crippen molar-refractivity contribution in [1.82, 2.24) is 4.90 Å². The maximum absolute atomic E-state index is 12.0. The first-order valence-electron chi connectivity index (χ1n) is 6.26. The number of carbonyl (C=O) groups is 2. The second-order valence-electron chi connectivity index (χ2n) is 4.87. The second kappa shape index (κ2) is 7.64. The van der Waals surface area contributed by atoms with E-state index in [0.29, 0.717) is 10.7 Å². The highest BCUT2D eigenvalue weighted by Crippen LogP contribution is 2.20. The number of nitrogens with one attached hydrogen (secondary N) is 1. The van der Waals surface area contributed by atoms with Crippen LogP contribution in [0.1, 0.15) is 13.8 Å². The van der Waals surface area contributed by atoms with Gasteiger partial charge in [-0.3, -0.25) is 9.59 Å². The van der Waals surface area contributed by atoms with Crippen LogP contribution < -0.4 is 5.32 Å². The Morgan fingerprint density at radius 3 is 2.50 bits per heavy atom. The smallest absolute Gasteiger partial charge is 0.244 e. The molecular formula is C14H18BrClN2O2. The van der Waals surface area contributed by atoms with Crippen molar-refractivity contribution >= 4 is 45.0 Å². The highest BCUT2D eigenvalue weighted by atomic mass is 79.9. The fourth-order valence-electron chi connectivity index (χ4n) is 1.54. The van der Waals surface area contributed by atoms with E-state index in [2.05, 4.69) is 21.2 Å². The first-order chi connectivity index (χ1) is 9.32. The number of alkyl halides is 1. The van der Waals surface area contributed by atoms with Crippen molar-refractivity contribution in [1.29, 1.82) is 0 Å². The Balaban J connectivity index is 2.58. The average molecular weight is 362 g/mol. The van der Waals surface area contributed by atoms with Crippen LogP contribution in [0.15, 0.2) is 24.3 Å². The number of para-hydroxylation sites is 1. The monoisotopic (exact) mass is 360 g/mol. The van der Waals surface area contributed by atoms with E-state index in [1.54, 1.807) is 31.3 Å². The van der Waals surface area contributed by atoms with Crippen LogP contribution in [0.3, 0.4) is 0 Å². The van der Waals surface area contributed by atoms with Crippen molar-refractivity contribution in [2.24, 2.45) is 5.92 Å². The van der Waals surface area contributed by atoms with Gasteiger partial charge in [-0.1, -0.05) is 53.5 Å². The van der Waals surface area contributed by atoms with Gasteiger partial charge in [-0.2, -0.15) is 0 Å². The molecule has 1 unspecified atom stereocenters. The van der Waals surface area contributed by atoms with Crippen LogP contribution in [0.5, 0.6) is 0 Å². The van der Waals surface area contributed by atoms with Gasteiger partial charge in [-0.25, -0.2) is 0 Å². The van der Waals surface area contributed by atoms with Gasteiger partial charge in [-0.15, -0.1) is 0 Å². The second-order valence-corrected chi connectivity index (χ2v) is 6.26. The summed E-state index contributed by atoms with van der Waals surface area (Å²) in [5, 5.41) is 3.15. The van der Waals surface area contributed by atoms with Crippen molar-refractivity contribution in [3.8, 4) is 0 Å². The molecule has 0 saturated carbocycles. The van der Waals surface area contributed by atoms with Crippen LogP contribution in [0.2, 0.25) is 5.02 Å². The standard InChI is InChI=1S/C14H18BrClN2O2/c1-9(2)13(15)14(20)18(3)8-12(19)17-11-7-5-4-6-10(11)16/h4-7,9,13H,8H2,1-3H3,(H,17,19). The van der Waals surface area contributed by atoms with Crippen LogP contribution in [0, 0.1) is 5.92 Å². The van der Waals surface area contributed by atoms with E-state index in [-0.39, 0.29) is 29.1 Å². The van der Waals surface area contributed by atoms with E-state index in [0.717, 1.165) is 0 Å². The molecular weight excluding hydrogens is 344 g/mol. The Kier molecular flexibility index (Phi) is 6.49. The van der Waals surface area contributed by atoms with E-state index in [1.807, 2.05) is 13.8 Å². The van der Waals surface area contributed by atoms with E-state index < -0.39 is 0 Å². The number of halogens is 2. The predicted molar refractivity (Wildman–Crippen MR) is 85.3 cm³/mol. The number of hydrogen-bond acceptors (Lipinski definition) is 2. The molecule has 1 aromatic carbocycles. The molecule has 1 atom stereocenters. The summed E-state index contributed by atoms with van der Waals surface area (Å²) in [6, 6.07) is 6.97. The van der Waals surface area contributed by atoms with Crippen LogP contribution in [-0.4, -0.2) is 35.1 Å². The molecule has 0 aliphatic carbocycles. The van der Waals surface area contributed by atoms with Gasteiger partial charge in [0.1, 0.15) is 0 Å². The molecule has 0 aromatic heterocycles. The minimum atomic E-state index is -0.291. The van der Waals surface area contributed by atoms with Crippen LogP contribution in [0.25, 0.3) is 0 Å². The van der Waals surface area contributed by atoms with Gasteiger partial charge >= 0.3 is 0 Å². The first kappa shape index (κ1) is 17.0. The zero-order valence-electron chi connectivity index (χ0n) is 11.7. The number of amides is 2. The van der Waals surface area contributed by atoms with Gasteiger partial charge < -0.3 is 10.2 Å². The Morgan fingerprint density at radius 2 is 1.95 bits per heavy atom. The largest absolute Gasteiger partial charge is 0.335 e. The minimum absolute atomic E-state index is 0.0150. The molecule has 0 heterocycles. The Bertz CT molecular complexity index is 494. The topological polar surface area (TPSA) is 49.4 Å². The minimum Gasteiger partial charge on any atom is -0.335 e. The number of rotatable bonds is 5. The molecule has 1 N–H and O–H groups in total. The van der Waals surface area contributed by atoms with E-state index in [1.165, 1.54) is 4.90 Å². The van der Waals surface area contributed by atoms with E-state index in [9.17, 15) is 9.59 Å². The molecule has 110 valence electrons. The normalized spacial score (nSPS) is 12.1. The third kappa shape index (κ3) is 4.80. The number of carbonyl (C=O) groups excluding carboxylic acids is 2. The summed E-state index contributed by atoms with van der Waals surface area (Å²) in [6.45, 7) is 3.86. The van der Waals surface area contributed by atoms with Crippen LogP contribution in [-0.2, 0) is 9.59 Å². The molecule has 0 saturated heterocycles. The molecule has 2 amide bonds. The summed E-state index contributed by atoms with van der Waals surface area (Å²) < 4.78 is 0. The van der Waals surface area contributed by atoms with Crippen molar-refractivity contribution in [2.75, 3.05) is 18.9 Å². The average Bonchev–Trinajstić information content (AvgIpc) is 2.39. The van der Waals surface area contributed by atoms with Gasteiger partial charge in [-0.05, 0) is 18.1 Å². The van der Waals surface area contributed by atoms with E-state index in [4.69, 9.17) is 11.6 Å². The predicted octanol–water partition coefficient (Wildman–Crippen LogP) is 3.16. The summed E-state index contributed by atoms with van der Waals surface area (Å²) in [5.74, 6) is -0.233. The fourth-order valence-corrected chi connectivity index (χ4v) is 2.07. The molecule has 6 heteroatoms. The number of hydrogen-bond donors (Lipinski definition) is 1. The molecule has 4 nitrogen and oxygen atoms in total. The van der Waals surface area contributed by atoms with Gasteiger partial charge in [0, 0.05) is 7.05 Å².